The molecule has 1 aromatic carbocycles. The van der Waals surface area contributed by atoms with Crippen molar-refractivity contribution in [1.82, 2.24) is 16.0 Å². The van der Waals surface area contributed by atoms with E-state index in [2.05, 4.69) is 16.0 Å². The summed E-state index contributed by atoms with van der Waals surface area (Å²) in [5.41, 5.74) is 0.233. The molecule has 2 aliphatic carbocycles. The van der Waals surface area contributed by atoms with Crippen molar-refractivity contribution in [3.8, 4) is 0 Å². The van der Waals surface area contributed by atoms with Crippen LogP contribution in [0.5, 0.6) is 0 Å². The van der Waals surface area contributed by atoms with Crippen molar-refractivity contribution in [2.75, 3.05) is 13.1 Å². The van der Waals surface area contributed by atoms with Crippen LogP contribution in [0.25, 0.3) is 0 Å². The standard InChI is InChI=1S/C20H25Cl2N3O3/c1-11(16-7-12-2-3-13(16)6-12)25-19(27)10-23-18(26)9-24-20(28)15-5-4-14(21)8-17(15)22/h4-5,8,11-13,16H,2-3,6-7,9-10H2,1H3,(H,23,26)(H,24,28)(H,25,27). The van der Waals surface area contributed by atoms with Crippen LogP contribution >= 0.6 is 23.2 Å². The first-order valence-electron chi connectivity index (χ1n) is 9.62. The van der Waals surface area contributed by atoms with E-state index in [1.807, 2.05) is 6.92 Å². The molecule has 0 aromatic heterocycles. The lowest BCUT2D eigenvalue weighted by Gasteiger charge is -2.28. The predicted octanol–water partition coefficient (Wildman–Crippen LogP) is 2.78. The van der Waals surface area contributed by atoms with Gasteiger partial charge in [-0.05, 0) is 62.1 Å². The molecule has 3 rings (SSSR count). The minimum absolute atomic E-state index is 0.110. The second kappa shape index (κ2) is 9.14. The Morgan fingerprint density at radius 3 is 2.46 bits per heavy atom. The molecule has 0 saturated heterocycles. The zero-order valence-corrected chi connectivity index (χ0v) is 17.3. The SMILES string of the molecule is CC(NC(=O)CNC(=O)CNC(=O)c1ccc(Cl)cc1Cl)C1CC2CCC1C2. The third-order valence-electron chi connectivity index (χ3n) is 5.86. The van der Waals surface area contributed by atoms with Gasteiger partial charge in [-0.1, -0.05) is 29.6 Å². The van der Waals surface area contributed by atoms with Gasteiger partial charge in [-0.25, -0.2) is 0 Å². The van der Waals surface area contributed by atoms with Gasteiger partial charge in [-0.15, -0.1) is 0 Å². The average Bonchev–Trinajstić information content (AvgIpc) is 3.28. The number of carbonyl (C=O) groups is 3. The number of benzene rings is 1. The number of rotatable bonds is 7. The van der Waals surface area contributed by atoms with Crippen LogP contribution < -0.4 is 16.0 Å². The summed E-state index contributed by atoms with van der Waals surface area (Å²) < 4.78 is 0. The Morgan fingerprint density at radius 1 is 1.07 bits per heavy atom. The van der Waals surface area contributed by atoms with Gasteiger partial charge in [0.05, 0.1) is 23.7 Å². The van der Waals surface area contributed by atoms with Gasteiger partial charge < -0.3 is 16.0 Å². The maximum Gasteiger partial charge on any atom is 0.253 e. The molecule has 28 heavy (non-hydrogen) atoms. The van der Waals surface area contributed by atoms with Crippen molar-refractivity contribution in [2.24, 2.45) is 17.8 Å². The van der Waals surface area contributed by atoms with Crippen LogP contribution in [-0.4, -0.2) is 36.9 Å². The molecule has 4 atom stereocenters. The Kier molecular flexibility index (Phi) is 6.83. The summed E-state index contributed by atoms with van der Waals surface area (Å²) in [6, 6.07) is 4.61. The summed E-state index contributed by atoms with van der Waals surface area (Å²) in [7, 11) is 0. The lowest BCUT2D eigenvalue weighted by molar-refractivity contribution is -0.126. The minimum atomic E-state index is -0.480. The Balaban J connectivity index is 1.36. The number of carbonyl (C=O) groups excluding carboxylic acids is 3. The van der Waals surface area contributed by atoms with Crippen molar-refractivity contribution in [3.05, 3.63) is 33.8 Å². The van der Waals surface area contributed by atoms with Crippen LogP contribution in [-0.2, 0) is 9.59 Å². The van der Waals surface area contributed by atoms with Gasteiger partial charge in [-0.3, -0.25) is 14.4 Å². The fourth-order valence-corrected chi connectivity index (χ4v) is 4.98. The number of hydrogen-bond donors (Lipinski definition) is 3. The van der Waals surface area contributed by atoms with Gasteiger partial charge in [0.2, 0.25) is 11.8 Å². The molecule has 0 aliphatic heterocycles. The van der Waals surface area contributed by atoms with Crippen molar-refractivity contribution in [3.63, 3.8) is 0 Å². The van der Waals surface area contributed by atoms with E-state index in [9.17, 15) is 14.4 Å². The molecule has 0 heterocycles. The Morgan fingerprint density at radius 2 is 1.82 bits per heavy atom. The maximum atomic E-state index is 12.1. The van der Waals surface area contributed by atoms with Crippen LogP contribution in [0.3, 0.4) is 0 Å². The first kappa shape index (κ1) is 20.9. The molecular formula is C20H25Cl2N3O3. The van der Waals surface area contributed by atoms with Crippen LogP contribution in [0.1, 0.15) is 43.0 Å². The highest BCUT2D eigenvalue weighted by Crippen LogP contribution is 2.49. The van der Waals surface area contributed by atoms with Crippen LogP contribution in [0.4, 0.5) is 0 Å². The van der Waals surface area contributed by atoms with Crippen molar-refractivity contribution < 1.29 is 14.4 Å². The highest BCUT2D eigenvalue weighted by molar-refractivity contribution is 6.36. The van der Waals surface area contributed by atoms with E-state index in [0.29, 0.717) is 10.9 Å². The summed E-state index contributed by atoms with van der Waals surface area (Å²) in [6.45, 7) is 1.69. The first-order valence-corrected chi connectivity index (χ1v) is 10.4. The maximum absolute atomic E-state index is 12.1. The van der Waals surface area contributed by atoms with Crippen LogP contribution in [0.2, 0.25) is 10.0 Å². The molecule has 0 spiro atoms. The van der Waals surface area contributed by atoms with E-state index in [4.69, 9.17) is 23.2 Å². The third-order valence-corrected chi connectivity index (χ3v) is 6.40. The Hall–Kier alpha value is -1.79. The number of nitrogens with one attached hydrogen (secondary N) is 3. The molecule has 8 heteroatoms. The zero-order chi connectivity index (χ0) is 20.3. The van der Waals surface area contributed by atoms with Crippen molar-refractivity contribution >= 4 is 40.9 Å². The number of hydrogen-bond acceptors (Lipinski definition) is 3. The number of halogens is 2. The highest BCUT2D eigenvalue weighted by atomic mass is 35.5. The summed E-state index contributed by atoms with van der Waals surface area (Å²) in [5, 5.41) is 8.62. The highest BCUT2D eigenvalue weighted by Gasteiger charge is 2.42. The summed E-state index contributed by atoms with van der Waals surface area (Å²) >= 11 is 11.8. The molecule has 0 radical (unpaired) electrons. The molecule has 2 saturated carbocycles. The number of fused-ring (bicyclic) bond motifs is 2. The molecule has 152 valence electrons. The second-order valence-electron chi connectivity index (χ2n) is 7.78. The fourth-order valence-electron chi connectivity index (χ4n) is 4.49. The first-order chi connectivity index (χ1) is 13.3. The van der Waals surface area contributed by atoms with E-state index in [0.717, 1.165) is 11.8 Å². The van der Waals surface area contributed by atoms with E-state index in [1.54, 1.807) is 6.07 Å². The van der Waals surface area contributed by atoms with Crippen LogP contribution in [0, 0.1) is 17.8 Å². The summed E-state index contributed by atoms with van der Waals surface area (Å²) in [6.07, 6.45) is 5.07. The largest absolute Gasteiger partial charge is 0.352 e. The molecule has 1 aromatic rings. The molecule has 6 nitrogen and oxygen atoms in total. The van der Waals surface area contributed by atoms with Gasteiger partial charge in [0.1, 0.15) is 0 Å². The molecule has 2 bridgehead atoms. The van der Waals surface area contributed by atoms with E-state index < -0.39 is 11.8 Å². The van der Waals surface area contributed by atoms with E-state index in [1.165, 1.54) is 37.8 Å². The molecule has 2 fully saturated rings. The lowest BCUT2D eigenvalue weighted by atomic mass is 9.84. The normalized spacial score (nSPS) is 23.9. The van der Waals surface area contributed by atoms with Gasteiger partial charge in [0.25, 0.3) is 5.91 Å². The Bertz CT molecular complexity index is 771. The van der Waals surface area contributed by atoms with Gasteiger partial charge in [-0.2, -0.15) is 0 Å². The van der Waals surface area contributed by atoms with Gasteiger partial charge in [0, 0.05) is 11.1 Å². The monoisotopic (exact) mass is 425 g/mol. The van der Waals surface area contributed by atoms with Crippen LogP contribution in [0.15, 0.2) is 18.2 Å². The quantitative estimate of drug-likeness (QED) is 0.627. The number of amides is 3. The molecule has 3 amide bonds. The van der Waals surface area contributed by atoms with Gasteiger partial charge >= 0.3 is 0 Å². The molecule has 3 N–H and O–H groups in total. The summed E-state index contributed by atoms with van der Waals surface area (Å²) in [5.74, 6) is 0.960. The minimum Gasteiger partial charge on any atom is -0.352 e. The molecule has 4 unspecified atom stereocenters. The topological polar surface area (TPSA) is 87.3 Å². The lowest BCUT2D eigenvalue weighted by Crippen LogP contribution is -2.46. The van der Waals surface area contributed by atoms with Gasteiger partial charge in [0.15, 0.2) is 0 Å². The van der Waals surface area contributed by atoms with E-state index in [-0.39, 0.29) is 35.6 Å². The molecular weight excluding hydrogens is 401 g/mol. The fraction of sp³-hybridized carbons (Fsp3) is 0.550. The predicted molar refractivity (Wildman–Crippen MR) is 108 cm³/mol. The van der Waals surface area contributed by atoms with E-state index >= 15 is 0 Å². The molecule has 2 aliphatic rings. The Labute approximate surface area is 174 Å². The second-order valence-corrected chi connectivity index (χ2v) is 8.62. The van der Waals surface area contributed by atoms with Crippen molar-refractivity contribution in [2.45, 2.75) is 38.6 Å². The third kappa shape index (κ3) is 5.17. The smallest absolute Gasteiger partial charge is 0.253 e. The summed E-state index contributed by atoms with van der Waals surface area (Å²) in [4.78, 5) is 36.1. The zero-order valence-electron chi connectivity index (χ0n) is 15.8. The van der Waals surface area contributed by atoms with Crippen molar-refractivity contribution in [1.29, 1.82) is 0 Å². The average molecular weight is 426 g/mol.